The van der Waals surface area contributed by atoms with Crippen molar-refractivity contribution in [2.75, 3.05) is 24.2 Å². The summed E-state index contributed by atoms with van der Waals surface area (Å²) in [6.45, 7) is 3.21. The lowest BCUT2D eigenvalue weighted by molar-refractivity contribution is 0.853. The maximum absolute atomic E-state index is 5.91. The fourth-order valence-electron chi connectivity index (χ4n) is 1.33. The molecule has 0 unspecified atom stereocenters. The Morgan fingerprint density at radius 1 is 1.46 bits per heavy atom. The second-order valence-electron chi connectivity index (χ2n) is 3.12. The van der Waals surface area contributed by atoms with Gasteiger partial charge in [0.1, 0.15) is 0 Å². The summed E-state index contributed by atoms with van der Waals surface area (Å²) < 4.78 is 1.18. The van der Waals surface area contributed by atoms with Crippen molar-refractivity contribution in [3.63, 3.8) is 0 Å². The lowest BCUT2D eigenvalue weighted by Gasteiger charge is -2.20. The van der Waals surface area contributed by atoms with Crippen molar-refractivity contribution < 1.29 is 0 Å². The predicted octanol–water partition coefficient (Wildman–Crippen LogP) is 2.72. The van der Waals surface area contributed by atoms with Gasteiger partial charge in [0.2, 0.25) is 0 Å². The van der Waals surface area contributed by atoms with Crippen LogP contribution in [0.2, 0.25) is 0 Å². The minimum atomic E-state index is 0.864. The molecule has 0 bridgehead atoms. The van der Waals surface area contributed by atoms with Crippen LogP contribution < -0.4 is 10.6 Å². The van der Waals surface area contributed by atoms with E-state index < -0.39 is 0 Å². The lowest BCUT2D eigenvalue weighted by atomic mass is 10.2. The van der Waals surface area contributed by atoms with E-state index in [1.807, 2.05) is 6.07 Å². The van der Waals surface area contributed by atoms with E-state index in [4.69, 9.17) is 5.73 Å². The number of anilines is 2. The number of rotatable bonds is 3. The van der Waals surface area contributed by atoms with Crippen molar-refractivity contribution in [3.05, 3.63) is 21.8 Å². The zero-order valence-electron chi connectivity index (χ0n) is 8.05. The summed E-state index contributed by atoms with van der Waals surface area (Å²) in [5, 5.41) is 0. The van der Waals surface area contributed by atoms with Crippen LogP contribution >= 0.6 is 22.6 Å². The molecule has 0 saturated heterocycles. The Kier molecular flexibility index (Phi) is 3.84. The van der Waals surface area contributed by atoms with Gasteiger partial charge in [0.15, 0.2) is 0 Å². The Bertz CT molecular complexity index is 286. The summed E-state index contributed by atoms with van der Waals surface area (Å²) in [4.78, 5) is 2.19. The quantitative estimate of drug-likeness (QED) is 0.685. The first kappa shape index (κ1) is 10.6. The molecule has 0 heterocycles. The molecule has 0 amide bonds. The van der Waals surface area contributed by atoms with Gasteiger partial charge in [-0.15, -0.1) is 0 Å². The van der Waals surface area contributed by atoms with Crippen molar-refractivity contribution in [2.24, 2.45) is 0 Å². The van der Waals surface area contributed by atoms with E-state index in [0.29, 0.717) is 0 Å². The van der Waals surface area contributed by atoms with Gasteiger partial charge in [-0.05, 0) is 47.2 Å². The molecule has 1 aromatic carbocycles. The van der Waals surface area contributed by atoms with Crippen LogP contribution in [-0.2, 0) is 0 Å². The molecule has 72 valence electrons. The largest absolute Gasteiger partial charge is 0.397 e. The second-order valence-corrected chi connectivity index (χ2v) is 4.37. The molecule has 0 spiro atoms. The molecule has 0 aliphatic rings. The fraction of sp³-hybridized carbons (Fsp3) is 0.400. The van der Waals surface area contributed by atoms with Gasteiger partial charge >= 0.3 is 0 Å². The molecule has 1 aromatic rings. The van der Waals surface area contributed by atoms with E-state index in [-0.39, 0.29) is 0 Å². The summed E-state index contributed by atoms with van der Waals surface area (Å²) in [5.74, 6) is 0. The highest BCUT2D eigenvalue weighted by Crippen LogP contribution is 2.23. The topological polar surface area (TPSA) is 29.3 Å². The van der Waals surface area contributed by atoms with Gasteiger partial charge in [-0.25, -0.2) is 0 Å². The Morgan fingerprint density at radius 3 is 2.69 bits per heavy atom. The molecule has 0 aromatic heterocycles. The van der Waals surface area contributed by atoms with Gasteiger partial charge in [-0.3, -0.25) is 0 Å². The van der Waals surface area contributed by atoms with Crippen molar-refractivity contribution in [2.45, 2.75) is 13.3 Å². The first-order valence-electron chi connectivity index (χ1n) is 4.41. The third-order valence-electron chi connectivity index (χ3n) is 1.96. The maximum Gasteiger partial charge on any atom is 0.0598 e. The molecule has 3 heteroatoms. The third-order valence-corrected chi connectivity index (χ3v) is 2.63. The Balaban J connectivity index is 2.88. The zero-order chi connectivity index (χ0) is 9.84. The van der Waals surface area contributed by atoms with Crippen molar-refractivity contribution in [1.29, 1.82) is 0 Å². The highest BCUT2D eigenvalue weighted by Gasteiger charge is 2.03. The average molecular weight is 290 g/mol. The van der Waals surface area contributed by atoms with Crippen LogP contribution in [0, 0.1) is 3.57 Å². The van der Waals surface area contributed by atoms with E-state index in [0.717, 1.165) is 24.3 Å². The number of nitrogen functional groups attached to an aromatic ring is 1. The van der Waals surface area contributed by atoms with Crippen LogP contribution in [-0.4, -0.2) is 13.6 Å². The minimum Gasteiger partial charge on any atom is -0.397 e. The number of halogens is 1. The molecule has 0 aliphatic heterocycles. The maximum atomic E-state index is 5.91. The SMILES string of the molecule is CCCN(C)c1ccc(I)cc1N. The van der Waals surface area contributed by atoms with E-state index in [9.17, 15) is 0 Å². The third kappa shape index (κ3) is 2.76. The smallest absolute Gasteiger partial charge is 0.0598 e. The number of nitrogens with two attached hydrogens (primary N) is 1. The van der Waals surface area contributed by atoms with E-state index in [2.05, 4.69) is 53.6 Å². The molecule has 0 radical (unpaired) electrons. The fourth-order valence-corrected chi connectivity index (χ4v) is 1.84. The predicted molar refractivity (Wildman–Crippen MR) is 67.1 cm³/mol. The van der Waals surface area contributed by atoms with Crippen LogP contribution in [0.1, 0.15) is 13.3 Å². The average Bonchev–Trinajstić information content (AvgIpc) is 2.04. The Morgan fingerprint density at radius 2 is 2.15 bits per heavy atom. The lowest BCUT2D eigenvalue weighted by Crippen LogP contribution is -2.18. The van der Waals surface area contributed by atoms with E-state index in [1.54, 1.807) is 0 Å². The number of hydrogen-bond acceptors (Lipinski definition) is 2. The molecule has 1 rings (SSSR count). The summed E-state index contributed by atoms with van der Waals surface area (Å²) >= 11 is 2.27. The highest BCUT2D eigenvalue weighted by molar-refractivity contribution is 14.1. The summed E-state index contributed by atoms with van der Waals surface area (Å²) in [7, 11) is 2.07. The van der Waals surface area contributed by atoms with Gasteiger partial charge < -0.3 is 10.6 Å². The molecule has 0 fully saturated rings. The van der Waals surface area contributed by atoms with Crippen LogP contribution in [0.25, 0.3) is 0 Å². The Labute approximate surface area is 93.3 Å². The van der Waals surface area contributed by atoms with E-state index >= 15 is 0 Å². The molecule has 13 heavy (non-hydrogen) atoms. The van der Waals surface area contributed by atoms with Crippen LogP contribution in [0.4, 0.5) is 11.4 Å². The molecular formula is C10H15IN2. The summed E-state index contributed by atoms with van der Waals surface area (Å²) in [5.41, 5.74) is 7.90. The molecule has 2 N–H and O–H groups in total. The number of hydrogen-bond donors (Lipinski definition) is 1. The van der Waals surface area contributed by atoms with Crippen LogP contribution in [0.5, 0.6) is 0 Å². The summed E-state index contributed by atoms with van der Waals surface area (Å²) in [6.07, 6.45) is 1.14. The number of benzene rings is 1. The monoisotopic (exact) mass is 290 g/mol. The van der Waals surface area contributed by atoms with Crippen LogP contribution in [0.3, 0.4) is 0 Å². The number of nitrogens with zero attached hydrogens (tertiary/aromatic N) is 1. The zero-order valence-corrected chi connectivity index (χ0v) is 10.2. The van der Waals surface area contributed by atoms with Gasteiger partial charge in [0.25, 0.3) is 0 Å². The molecule has 0 atom stereocenters. The van der Waals surface area contributed by atoms with Gasteiger partial charge in [-0.2, -0.15) is 0 Å². The molecule has 0 saturated carbocycles. The summed E-state index contributed by atoms with van der Waals surface area (Å²) in [6, 6.07) is 6.16. The van der Waals surface area contributed by atoms with Crippen LogP contribution in [0.15, 0.2) is 18.2 Å². The standard InChI is InChI=1S/C10H15IN2/c1-3-6-13(2)10-5-4-8(11)7-9(10)12/h4-5,7H,3,6,12H2,1-2H3. The molecule has 2 nitrogen and oxygen atoms in total. The highest BCUT2D eigenvalue weighted by atomic mass is 127. The first-order valence-corrected chi connectivity index (χ1v) is 5.49. The second kappa shape index (κ2) is 4.69. The van der Waals surface area contributed by atoms with Crippen molar-refractivity contribution in [1.82, 2.24) is 0 Å². The normalized spacial score (nSPS) is 10.1. The Hall–Kier alpha value is -0.450. The van der Waals surface area contributed by atoms with E-state index in [1.165, 1.54) is 3.57 Å². The van der Waals surface area contributed by atoms with Crippen molar-refractivity contribution >= 4 is 34.0 Å². The van der Waals surface area contributed by atoms with Gasteiger partial charge in [0, 0.05) is 17.2 Å². The first-order chi connectivity index (χ1) is 6.15. The minimum absolute atomic E-state index is 0.864. The van der Waals surface area contributed by atoms with Crippen molar-refractivity contribution in [3.8, 4) is 0 Å². The van der Waals surface area contributed by atoms with Gasteiger partial charge in [-0.1, -0.05) is 6.92 Å². The van der Waals surface area contributed by atoms with Gasteiger partial charge in [0.05, 0.1) is 11.4 Å². The molecule has 0 aliphatic carbocycles. The molecular weight excluding hydrogens is 275 g/mol.